The smallest absolute Gasteiger partial charge is 0.226 e. The van der Waals surface area contributed by atoms with Crippen LogP contribution in [-0.2, 0) is 16.8 Å². The summed E-state index contributed by atoms with van der Waals surface area (Å²) >= 11 is 6.07. The molecule has 8 heteroatoms. The number of benzene rings is 1. The Balaban J connectivity index is 1.11. The van der Waals surface area contributed by atoms with Gasteiger partial charge in [0.25, 0.3) is 0 Å². The molecule has 4 aliphatic carbocycles. The standard InChI is InChI=1S/C24H27ClN6O/c25-21-20-22(30-23(26)29-21)31(13-27-20)6-5-19(32)28-18-3-1-17(2-4-18)24-10-14-7-15(11-24)9-16(8-14)12-24/h1-4,13-16H,5-12H2,(H,28,32)(H2,26,29,30). The van der Waals surface area contributed by atoms with Gasteiger partial charge >= 0.3 is 0 Å². The maximum Gasteiger partial charge on any atom is 0.226 e. The summed E-state index contributed by atoms with van der Waals surface area (Å²) in [5.41, 5.74) is 9.40. The number of carbonyl (C=O) groups is 1. The topological polar surface area (TPSA) is 98.7 Å². The van der Waals surface area contributed by atoms with Crippen LogP contribution in [0.2, 0.25) is 5.15 Å². The molecule has 0 aliphatic heterocycles. The molecule has 3 aromatic rings. The van der Waals surface area contributed by atoms with Crippen molar-refractivity contribution in [3.05, 3.63) is 41.3 Å². The molecule has 1 aromatic carbocycles. The van der Waals surface area contributed by atoms with Crippen molar-refractivity contribution in [3.8, 4) is 0 Å². The van der Waals surface area contributed by atoms with Crippen molar-refractivity contribution in [2.75, 3.05) is 11.1 Å². The summed E-state index contributed by atoms with van der Waals surface area (Å²) in [5, 5.41) is 3.24. The van der Waals surface area contributed by atoms with Gasteiger partial charge < -0.3 is 15.6 Å². The Bertz CT molecular complexity index is 1150. The van der Waals surface area contributed by atoms with Crippen LogP contribution < -0.4 is 11.1 Å². The van der Waals surface area contributed by atoms with Gasteiger partial charge in [0.1, 0.15) is 5.52 Å². The lowest BCUT2D eigenvalue weighted by Gasteiger charge is -2.57. The van der Waals surface area contributed by atoms with Crippen molar-refractivity contribution < 1.29 is 4.79 Å². The van der Waals surface area contributed by atoms with Gasteiger partial charge in [-0.05, 0) is 79.4 Å². The largest absolute Gasteiger partial charge is 0.368 e. The summed E-state index contributed by atoms with van der Waals surface area (Å²) in [6.07, 6.45) is 10.3. The molecular formula is C24H27ClN6O. The highest BCUT2D eigenvalue weighted by Gasteiger charge is 2.51. The first kappa shape index (κ1) is 20.0. The van der Waals surface area contributed by atoms with E-state index in [0.717, 1.165) is 23.4 Å². The molecule has 0 saturated heterocycles. The Kier molecular flexibility index (Phi) is 4.64. The number of rotatable bonds is 5. The summed E-state index contributed by atoms with van der Waals surface area (Å²) in [6, 6.07) is 8.61. The summed E-state index contributed by atoms with van der Waals surface area (Å²) < 4.78 is 1.77. The zero-order valence-electron chi connectivity index (χ0n) is 17.9. The lowest BCUT2D eigenvalue weighted by Crippen LogP contribution is -2.48. The van der Waals surface area contributed by atoms with E-state index in [-0.39, 0.29) is 17.0 Å². The molecular weight excluding hydrogens is 424 g/mol. The lowest BCUT2D eigenvalue weighted by molar-refractivity contribution is -0.116. The van der Waals surface area contributed by atoms with E-state index in [4.69, 9.17) is 17.3 Å². The molecule has 7 nitrogen and oxygen atoms in total. The van der Waals surface area contributed by atoms with Gasteiger partial charge in [0.2, 0.25) is 11.9 Å². The van der Waals surface area contributed by atoms with E-state index in [1.165, 1.54) is 44.1 Å². The molecule has 0 spiro atoms. The normalized spacial score (nSPS) is 28.3. The zero-order valence-corrected chi connectivity index (χ0v) is 18.7. The predicted octanol–water partition coefficient (Wildman–Crippen LogP) is 4.56. The second-order valence-electron chi connectivity index (χ2n) is 10.1. The Morgan fingerprint density at radius 1 is 1.09 bits per heavy atom. The van der Waals surface area contributed by atoms with Crippen LogP contribution >= 0.6 is 11.6 Å². The molecule has 166 valence electrons. The molecule has 7 rings (SSSR count). The van der Waals surface area contributed by atoms with Crippen LogP contribution in [0.4, 0.5) is 11.6 Å². The third-order valence-electron chi connectivity index (χ3n) is 7.84. The quantitative estimate of drug-likeness (QED) is 0.555. The number of amides is 1. The number of nitrogens with two attached hydrogens (primary N) is 1. The van der Waals surface area contributed by atoms with Gasteiger partial charge in [-0.25, -0.2) is 4.98 Å². The number of hydrogen-bond donors (Lipinski definition) is 2. The maximum absolute atomic E-state index is 12.6. The molecule has 4 aliphatic rings. The number of hydrogen-bond acceptors (Lipinski definition) is 5. The van der Waals surface area contributed by atoms with Crippen molar-refractivity contribution in [2.45, 2.75) is 56.9 Å². The number of nitrogen functional groups attached to an aromatic ring is 1. The molecule has 4 saturated carbocycles. The van der Waals surface area contributed by atoms with E-state index in [9.17, 15) is 4.79 Å². The summed E-state index contributed by atoms with van der Waals surface area (Å²) in [4.78, 5) is 24.9. The zero-order chi connectivity index (χ0) is 21.9. The van der Waals surface area contributed by atoms with Crippen molar-refractivity contribution in [1.29, 1.82) is 0 Å². The average Bonchev–Trinajstić information content (AvgIpc) is 3.15. The predicted molar refractivity (Wildman–Crippen MR) is 124 cm³/mol. The number of carbonyl (C=O) groups excluding carboxylic acids is 1. The first-order valence-electron chi connectivity index (χ1n) is 11.5. The van der Waals surface area contributed by atoms with E-state index in [0.29, 0.717) is 29.5 Å². The monoisotopic (exact) mass is 450 g/mol. The fourth-order valence-electron chi connectivity index (χ4n) is 6.91. The van der Waals surface area contributed by atoms with Crippen molar-refractivity contribution in [2.24, 2.45) is 17.8 Å². The van der Waals surface area contributed by atoms with Crippen LogP contribution in [0.25, 0.3) is 11.2 Å². The second kappa shape index (κ2) is 7.44. The number of aryl methyl sites for hydroxylation is 1. The molecule has 0 unspecified atom stereocenters. The van der Waals surface area contributed by atoms with E-state index in [1.54, 1.807) is 10.9 Å². The molecule has 0 radical (unpaired) electrons. The highest BCUT2D eigenvalue weighted by atomic mass is 35.5. The van der Waals surface area contributed by atoms with Gasteiger partial charge in [-0.2, -0.15) is 9.97 Å². The lowest BCUT2D eigenvalue weighted by atomic mass is 9.48. The molecule has 0 atom stereocenters. The Labute approximate surface area is 191 Å². The molecule has 4 bridgehead atoms. The number of nitrogens with zero attached hydrogens (tertiary/aromatic N) is 4. The van der Waals surface area contributed by atoms with Crippen molar-refractivity contribution in [3.63, 3.8) is 0 Å². The number of aromatic nitrogens is 4. The fraction of sp³-hybridized carbons (Fsp3) is 0.500. The van der Waals surface area contributed by atoms with Crippen LogP contribution in [-0.4, -0.2) is 25.4 Å². The van der Waals surface area contributed by atoms with Crippen LogP contribution in [0.3, 0.4) is 0 Å². The van der Waals surface area contributed by atoms with E-state index < -0.39 is 0 Å². The van der Waals surface area contributed by atoms with Gasteiger partial charge in [0, 0.05) is 18.7 Å². The highest BCUT2D eigenvalue weighted by molar-refractivity contribution is 6.33. The number of fused-ring (bicyclic) bond motifs is 1. The Morgan fingerprint density at radius 3 is 2.41 bits per heavy atom. The minimum atomic E-state index is -0.0532. The number of nitrogens with one attached hydrogen (secondary N) is 1. The van der Waals surface area contributed by atoms with Gasteiger partial charge in [0.15, 0.2) is 10.8 Å². The fourth-order valence-corrected chi connectivity index (χ4v) is 7.13. The van der Waals surface area contributed by atoms with Crippen LogP contribution in [0.5, 0.6) is 0 Å². The molecule has 32 heavy (non-hydrogen) atoms. The van der Waals surface area contributed by atoms with E-state index >= 15 is 0 Å². The van der Waals surface area contributed by atoms with Crippen molar-refractivity contribution in [1.82, 2.24) is 19.5 Å². The van der Waals surface area contributed by atoms with Gasteiger partial charge in [-0.3, -0.25) is 4.79 Å². The molecule has 4 fully saturated rings. The first-order valence-corrected chi connectivity index (χ1v) is 11.9. The minimum absolute atomic E-state index is 0.0532. The second-order valence-corrected chi connectivity index (χ2v) is 10.4. The molecule has 2 heterocycles. The maximum atomic E-state index is 12.6. The highest BCUT2D eigenvalue weighted by Crippen LogP contribution is 2.60. The number of halogens is 1. The molecule has 2 aromatic heterocycles. The molecule has 1 amide bonds. The average molecular weight is 451 g/mol. The van der Waals surface area contributed by atoms with Gasteiger partial charge in [0.05, 0.1) is 6.33 Å². The van der Waals surface area contributed by atoms with Gasteiger partial charge in [-0.15, -0.1) is 0 Å². The van der Waals surface area contributed by atoms with E-state index in [2.05, 4.69) is 44.5 Å². The minimum Gasteiger partial charge on any atom is -0.368 e. The molecule has 3 N–H and O–H groups in total. The number of anilines is 2. The van der Waals surface area contributed by atoms with Crippen LogP contribution in [0.15, 0.2) is 30.6 Å². The third kappa shape index (κ3) is 3.43. The Morgan fingerprint density at radius 2 is 1.75 bits per heavy atom. The van der Waals surface area contributed by atoms with E-state index in [1.807, 2.05) is 0 Å². The third-order valence-corrected chi connectivity index (χ3v) is 8.10. The Hall–Kier alpha value is -2.67. The first-order chi connectivity index (χ1) is 15.5. The summed E-state index contributed by atoms with van der Waals surface area (Å²) in [5.74, 6) is 2.82. The SMILES string of the molecule is Nc1nc(Cl)c2ncn(CCC(=O)Nc3ccc(C45CC6CC(CC(C6)C4)C5)cc3)c2n1. The van der Waals surface area contributed by atoms with Crippen LogP contribution in [0.1, 0.15) is 50.5 Å². The summed E-state index contributed by atoms with van der Waals surface area (Å²) in [7, 11) is 0. The van der Waals surface area contributed by atoms with Gasteiger partial charge in [-0.1, -0.05) is 23.7 Å². The summed E-state index contributed by atoms with van der Waals surface area (Å²) in [6.45, 7) is 0.431. The van der Waals surface area contributed by atoms with Crippen molar-refractivity contribution >= 4 is 40.3 Å². The van der Waals surface area contributed by atoms with Crippen LogP contribution in [0, 0.1) is 17.8 Å². The number of imidazole rings is 1.